The number of nitrogens with zero attached hydrogens (tertiary/aromatic N) is 1. The number of nitrogens with one attached hydrogen (secondary N) is 2. The molecule has 8 heteroatoms. The lowest BCUT2D eigenvalue weighted by Crippen LogP contribution is -2.54. The van der Waals surface area contributed by atoms with E-state index in [4.69, 9.17) is 9.15 Å². The second-order valence-electron chi connectivity index (χ2n) is 7.21. The fraction of sp³-hybridized carbons (Fsp3) is 0.350. The normalized spacial score (nSPS) is 22.7. The van der Waals surface area contributed by atoms with Crippen LogP contribution in [0.25, 0.3) is 0 Å². The van der Waals surface area contributed by atoms with Crippen LogP contribution in [0.3, 0.4) is 0 Å². The van der Waals surface area contributed by atoms with Crippen molar-refractivity contribution in [2.75, 3.05) is 13.1 Å². The van der Waals surface area contributed by atoms with Crippen LogP contribution in [0.4, 0.5) is 4.79 Å². The van der Waals surface area contributed by atoms with Crippen molar-refractivity contribution in [3.05, 3.63) is 48.2 Å². The van der Waals surface area contributed by atoms with Gasteiger partial charge < -0.3 is 19.4 Å². The summed E-state index contributed by atoms with van der Waals surface area (Å²) < 4.78 is 11.1. The Bertz CT molecular complexity index is 902. The van der Waals surface area contributed by atoms with Crippen LogP contribution in [0.15, 0.2) is 46.9 Å². The molecule has 2 aromatic rings. The van der Waals surface area contributed by atoms with Crippen LogP contribution < -0.4 is 15.4 Å². The lowest BCUT2D eigenvalue weighted by molar-refractivity contribution is -0.125. The number of benzene rings is 1. The summed E-state index contributed by atoms with van der Waals surface area (Å²) in [5.41, 5.74) is -0.923. The molecule has 0 radical (unpaired) electrons. The summed E-state index contributed by atoms with van der Waals surface area (Å²) in [5, 5.41) is 5.00. The van der Waals surface area contributed by atoms with Crippen LogP contribution in [0, 0.1) is 5.92 Å². The van der Waals surface area contributed by atoms with E-state index in [-0.39, 0.29) is 29.4 Å². The van der Waals surface area contributed by atoms with E-state index in [1.54, 1.807) is 36.1 Å². The summed E-state index contributed by atoms with van der Waals surface area (Å²) >= 11 is 0. The molecule has 28 heavy (non-hydrogen) atoms. The second-order valence-corrected chi connectivity index (χ2v) is 7.21. The molecule has 0 aliphatic carbocycles. The zero-order valence-electron chi connectivity index (χ0n) is 15.4. The quantitative estimate of drug-likeness (QED) is 0.790. The molecular weight excluding hydrogens is 362 g/mol. The number of furan rings is 1. The van der Waals surface area contributed by atoms with E-state index in [0.29, 0.717) is 31.7 Å². The average molecular weight is 383 g/mol. The summed E-state index contributed by atoms with van der Waals surface area (Å²) in [7, 11) is 0. The first-order valence-electron chi connectivity index (χ1n) is 9.21. The van der Waals surface area contributed by atoms with Crippen molar-refractivity contribution in [3.8, 4) is 11.7 Å². The van der Waals surface area contributed by atoms with Gasteiger partial charge in [-0.3, -0.25) is 14.9 Å². The smallest absolute Gasteiger partial charge is 0.322 e. The highest BCUT2D eigenvalue weighted by atomic mass is 16.6. The standard InChI is InChI=1S/C20H21N3O5/c1-20(18(25)21-19(26)22-20)13-9-11-23(12-10-13)17(24)15-7-8-16(28-15)27-14-5-3-2-4-6-14/h2-8,13H,9-12H2,1H3,(H2,21,22,25,26). The summed E-state index contributed by atoms with van der Waals surface area (Å²) in [6.07, 6.45) is 1.23. The monoisotopic (exact) mass is 383 g/mol. The number of para-hydroxylation sites is 1. The van der Waals surface area contributed by atoms with Gasteiger partial charge in [-0.05, 0) is 43.9 Å². The molecule has 2 saturated heterocycles. The van der Waals surface area contributed by atoms with Crippen molar-refractivity contribution in [2.24, 2.45) is 5.92 Å². The minimum absolute atomic E-state index is 0.0309. The first-order valence-corrected chi connectivity index (χ1v) is 9.21. The Hall–Kier alpha value is -3.29. The molecule has 0 bridgehead atoms. The van der Waals surface area contributed by atoms with Crippen LogP contribution in [0.5, 0.6) is 11.7 Å². The van der Waals surface area contributed by atoms with E-state index in [1.807, 2.05) is 18.2 Å². The molecule has 2 aliphatic heterocycles. The highest BCUT2D eigenvalue weighted by molar-refractivity contribution is 6.07. The molecule has 3 heterocycles. The van der Waals surface area contributed by atoms with Gasteiger partial charge in [-0.2, -0.15) is 0 Å². The Morgan fingerprint density at radius 2 is 1.86 bits per heavy atom. The largest absolute Gasteiger partial charge is 0.426 e. The second kappa shape index (κ2) is 7.03. The molecule has 1 aromatic carbocycles. The van der Waals surface area contributed by atoms with E-state index in [0.717, 1.165) is 0 Å². The van der Waals surface area contributed by atoms with Crippen molar-refractivity contribution >= 4 is 17.8 Å². The Morgan fingerprint density at radius 1 is 1.14 bits per heavy atom. The van der Waals surface area contributed by atoms with Crippen LogP contribution in [0.2, 0.25) is 0 Å². The van der Waals surface area contributed by atoms with Crippen molar-refractivity contribution in [3.63, 3.8) is 0 Å². The molecule has 2 N–H and O–H groups in total. The average Bonchev–Trinajstić information content (AvgIpc) is 3.26. The summed E-state index contributed by atoms with van der Waals surface area (Å²) in [5.74, 6) is 0.533. The number of piperidine rings is 1. The van der Waals surface area contributed by atoms with Crippen molar-refractivity contribution < 1.29 is 23.5 Å². The van der Waals surface area contributed by atoms with Crippen molar-refractivity contribution in [1.82, 2.24) is 15.5 Å². The molecule has 0 spiro atoms. The van der Waals surface area contributed by atoms with E-state index >= 15 is 0 Å². The highest BCUT2D eigenvalue weighted by Gasteiger charge is 2.48. The lowest BCUT2D eigenvalue weighted by Gasteiger charge is -2.38. The van der Waals surface area contributed by atoms with Crippen LogP contribution in [-0.4, -0.2) is 41.4 Å². The van der Waals surface area contributed by atoms with Gasteiger partial charge in [-0.25, -0.2) is 4.79 Å². The van der Waals surface area contributed by atoms with E-state index in [9.17, 15) is 14.4 Å². The molecule has 4 amide bonds. The van der Waals surface area contributed by atoms with Gasteiger partial charge in [-0.1, -0.05) is 18.2 Å². The zero-order valence-corrected chi connectivity index (χ0v) is 15.4. The van der Waals surface area contributed by atoms with Gasteiger partial charge in [-0.15, -0.1) is 0 Å². The molecule has 1 atom stereocenters. The first-order chi connectivity index (χ1) is 13.5. The number of hydrogen-bond acceptors (Lipinski definition) is 5. The summed E-state index contributed by atoms with van der Waals surface area (Å²) in [6.45, 7) is 2.70. The number of carbonyl (C=O) groups excluding carboxylic acids is 3. The number of urea groups is 1. The molecule has 4 rings (SSSR count). The maximum absolute atomic E-state index is 12.7. The first kappa shape index (κ1) is 18.1. The highest BCUT2D eigenvalue weighted by Crippen LogP contribution is 2.32. The van der Waals surface area contributed by atoms with Crippen LogP contribution in [-0.2, 0) is 4.79 Å². The van der Waals surface area contributed by atoms with Crippen LogP contribution >= 0.6 is 0 Å². The van der Waals surface area contributed by atoms with Gasteiger partial charge in [0, 0.05) is 19.2 Å². The number of hydrogen-bond donors (Lipinski definition) is 2. The van der Waals surface area contributed by atoms with Gasteiger partial charge >= 0.3 is 6.03 Å². The fourth-order valence-electron chi connectivity index (χ4n) is 3.75. The van der Waals surface area contributed by atoms with Crippen molar-refractivity contribution in [2.45, 2.75) is 25.3 Å². The topological polar surface area (TPSA) is 101 Å². The maximum Gasteiger partial charge on any atom is 0.322 e. The third-order valence-electron chi connectivity index (χ3n) is 5.42. The van der Waals surface area contributed by atoms with E-state index in [2.05, 4.69) is 10.6 Å². The van der Waals surface area contributed by atoms with E-state index < -0.39 is 11.6 Å². The lowest BCUT2D eigenvalue weighted by atomic mass is 9.79. The molecular formula is C20H21N3O5. The maximum atomic E-state index is 12.7. The summed E-state index contributed by atoms with van der Waals surface area (Å²) in [4.78, 5) is 38.0. The Morgan fingerprint density at radius 3 is 2.50 bits per heavy atom. The Labute approximate surface area is 161 Å². The molecule has 2 aliphatic rings. The van der Waals surface area contributed by atoms with E-state index in [1.165, 1.54) is 0 Å². The van der Waals surface area contributed by atoms with Gasteiger partial charge in [0.1, 0.15) is 11.3 Å². The number of amides is 4. The molecule has 8 nitrogen and oxygen atoms in total. The molecule has 146 valence electrons. The van der Waals surface area contributed by atoms with Gasteiger partial charge in [0.2, 0.25) is 0 Å². The third kappa shape index (κ3) is 3.33. The minimum Gasteiger partial charge on any atom is -0.426 e. The van der Waals surface area contributed by atoms with Crippen LogP contribution in [0.1, 0.15) is 30.3 Å². The van der Waals surface area contributed by atoms with Gasteiger partial charge in [0.25, 0.3) is 17.8 Å². The number of likely N-dealkylation sites (tertiary alicyclic amines) is 1. The number of ether oxygens (including phenoxy) is 1. The Balaban J connectivity index is 1.37. The minimum atomic E-state index is -0.923. The fourth-order valence-corrected chi connectivity index (χ4v) is 3.75. The SMILES string of the molecule is CC1(C2CCN(C(=O)c3ccc(Oc4ccccc4)o3)CC2)NC(=O)NC1=O. The molecule has 2 fully saturated rings. The zero-order chi connectivity index (χ0) is 19.7. The molecule has 0 saturated carbocycles. The van der Waals surface area contributed by atoms with Gasteiger partial charge in [0.15, 0.2) is 5.76 Å². The summed E-state index contributed by atoms with van der Waals surface area (Å²) in [6, 6.07) is 11.9. The number of rotatable bonds is 4. The number of imide groups is 1. The molecule has 1 aromatic heterocycles. The Kier molecular flexibility index (Phi) is 4.54. The van der Waals surface area contributed by atoms with Gasteiger partial charge in [0.05, 0.1) is 0 Å². The predicted molar refractivity (Wildman–Crippen MR) is 98.9 cm³/mol. The number of carbonyl (C=O) groups is 3. The predicted octanol–water partition coefficient (Wildman–Crippen LogP) is 2.52. The third-order valence-corrected chi connectivity index (χ3v) is 5.42. The molecule has 1 unspecified atom stereocenters. The van der Waals surface area contributed by atoms with Crippen molar-refractivity contribution in [1.29, 1.82) is 0 Å².